The third-order valence-corrected chi connectivity index (χ3v) is 2.24. The molecule has 0 saturated heterocycles. The van der Waals surface area contributed by atoms with Crippen LogP contribution in [0.4, 0.5) is 0 Å². The Hall–Kier alpha value is 0.630. The van der Waals surface area contributed by atoms with Gasteiger partial charge in [0.1, 0.15) is 0 Å². The summed E-state index contributed by atoms with van der Waals surface area (Å²) in [5.41, 5.74) is 0. The summed E-state index contributed by atoms with van der Waals surface area (Å²) < 4.78 is 10.4. The standard InChI is InChI=1S/C5H11BrOS/c1-8(7)5-3-2-4-6/h2-5H2,1H3. The number of halogens is 1. The van der Waals surface area contributed by atoms with Gasteiger partial charge in [0.05, 0.1) is 0 Å². The first-order valence-electron chi connectivity index (χ1n) is 2.63. The maximum absolute atomic E-state index is 10.4. The average molecular weight is 199 g/mol. The first-order valence-corrected chi connectivity index (χ1v) is 5.48. The van der Waals surface area contributed by atoms with Crippen molar-refractivity contribution in [2.45, 2.75) is 12.8 Å². The van der Waals surface area contributed by atoms with E-state index in [0.29, 0.717) is 0 Å². The number of hydrogen-bond donors (Lipinski definition) is 0. The minimum atomic E-state index is -0.588. The molecule has 8 heavy (non-hydrogen) atoms. The molecule has 0 rings (SSSR count). The molecule has 0 aromatic rings. The lowest BCUT2D eigenvalue weighted by Crippen LogP contribution is -1.93. The van der Waals surface area contributed by atoms with E-state index in [4.69, 9.17) is 0 Å². The number of hydrogen-bond acceptors (Lipinski definition) is 1. The van der Waals surface area contributed by atoms with Gasteiger partial charge in [0.2, 0.25) is 0 Å². The van der Waals surface area contributed by atoms with E-state index in [0.717, 1.165) is 23.9 Å². The average Bonchev–Trinajstić information content (AvgIpc) is 1.66. The largest absolute Gasteiger partial charge is 0.260 e. The second-order valence-electron chi connectivity index (χ2n) is 1.67. The molecular weight excluding hydrogens is 188 g/mol. The maximum Gasteiger partial charge on any atom is 0.0232 e. The van der Waals surface area contributed by atoms with Crippen LogP contribution in [0.15, 0.2) is 0 Å². The van der Waals surface area contributed by atoms with E-state index >= 15 is 0 Å². The fourth-order valence-electron chi connectivity index (χ4n) is 0.400. The summed E-state index contributed by atoms with van der Waals surface area (Å²) in [6, 6.07) is 0. The second-order valence-corrected chi connectivity index (χ2v) is 4.02. The van der Waals surface area contributed by atoms with Gasteiger partial charge < -0.3 is 0 Å². The fraction of sp³-hybridized carbons (Fsp3) is 1.00. The smallest absolute Gasteiger partial charge is 0.0232 e. The van der Waals surface area contributed by atoms with Crippen molar-refractivity contribution in [1.29, 1.82) is 0 Å². The van der Waals surface area contributed by atoms with E-state index in [1.807, 2.05) is 0 Å². The molecule has 0 heterocycles. The van der Waals surface area contributed by atoms with Crippen LogP contribution in [0.2, 0.25) is 0 Å². The lowest BCUT2D eigenvalue weighted by molar-refractivity contribution is 0.683. The predicted octanol–water partition coefficient (Wildman–Crippen LogP) is 1.54. The van der Waals surface area contributed by atoms with Crippen LogP contribution in [0.5, 0.6) is 0 Å². The van der Waals surface area contributed by atoms with Crippen LogP contribution >= 0.6 is 15.9 Å². The molecule has 0 aromatic carbocycles. The Bertz CT molecular complexity index is 74.8. The third kappa shape index (κ3) is 6.63. The lowest BCUT2D eigenvalue weighted by Gasteiger charge is -1.91. The quantitative estimate of drug-likeness (QED) is 0.495. The number of rotatable bonds is 4. The first kappa shape index (κ1) is 8.63. The van der Waals surface area contributed by atoms with Gasteiger partial charge >= 0.3 is 0 Å². The molecule has 1 atom stereocenters. The molecule has 0 aliphatic heterocycles. The zero-order valence-corrected chi connectivity index (χ0v) is 7.43. The molecule has 50 valence electrons. The Kier molecular flexibility index (Phi) is 6.21. The van der Waals surface area contributed by atoms with Gasteiger partial charge in [-0.2, -0.15) is 0 Å². The van der Waals surface area contributed by atoms with Gasteiger partial charge in [-0.3, -0.25) is 4.21 Å². The highest BCUT2D eigenvalue weighted by atomic mass is 79.9. The van der Waals surface area contributed by atoms with Gasteiger partial charge in [0.25, 0.3) is 0 Å². The van der Waals surface area contributed by atoms with E-state index in [1.54, 1.807) is 6.26 Å². The Balaban J connectivity index is 2.82. The summed E-state index contributed by atoms with van der Waals surface area (Å²) in [4.78, 5) is 0. The molecule has 0 bridgehead atoms. The molecular formula is C5H11BrOS. The molecule has 0 spiro atoms. The van der Waals surface area contributed by atoms with E-state index < -0.39 is 10.8 Å². The Morgan fingerprint density at radius 1 is 1.50 bits per heavy atom. The predicted molar refractivity (Wildman–Crippen MR) is 42.0 cm³/mol. The van der Waals surface area contributed by atoms with E-state index in [9.17, 15) is 4.21 Å². The van der Waals surface area contributed by atoms with Crippen molar-refractivity contribution in [3.63, 3.8) is 0 Å². The van der Waals surface area contributed by atoms with Gasteiger partial charge in [0.15, 0.2) is 0 Å². The molecule has 1 unspecified atom stereocenters. The van der Waals surface area contributed by atoms with E-state index in [2.05, 4.69) is 15.9 Å². The second kappa shape index (κ2) is 5.76. The topological polar surface area (TPSA) is 17.1 Å². The minimum Gasteiger partial charge on any atom is -0.260 e. The van der Waals surface area contributed by atoms with Gasteiger partial charge in [-0.1, -0.05) is 15.9 Å². The first-order chi connectivity index (χ1) is 3.77. The molecule has 0 amide bonds. The summed E-state index contributed by atoms with van der Waals surface area (Å²) in [5, 5.41) is 1.03. The Morgan fingerprint density at radius 2 is 2.12 bits per heavy atom. The highest BCUT2D eigenvalue weighted by Crippen LogP contribution is 1.94. The van der Waals surface area contributed by atoms with Gasteiger partial charge in [0, 0.05) is 28.1 Å². The highest BCUT2D eigenvalue weighted by molar-refractivity contribution is 9.09. The maximum atomic E-state index is 10.4. The van der Waals surface area contributed by atoms with Crippen LogP contribution in [-0.4, -0.2) is 21.5 Å². The molecule has 0 fully saturated rings. The van der Waals surface area contributed by atoms with Gasteiger partial charge in [-0.05, 0) is 12.8 Å². The summed E-state index contributed by atoms with van der Waals surface area (Å²) in [6.07, 6.45) is 3.96. The van der Waals surface area contributed by atoms with Crippen molar-refractivity contribution in [3.05, 3.63) is 0 Å². The van der Waals surface area contributed by atoms with Crippen molar-refractivity contribution in [3.8, 4) is 0 Å². The van der Waals surface area contributed by atoms with Crippen LogP contribution < -0.4 is 0 Å². The third-order valence-electron chi connectivity index (χ3n) is 0.815. The van der Waals surface area contributed by atoms with Crippen LogP contribution in [0.25, 0.3) is 0 Å². The zero-order valence-electron chi connectivity index (χ0n) is 5.02. The van der Waals surface area contributed by atoms with Crippen LogP contribution in [0.1, 0.15) is 12.8 Å². The molecule has 0 aromatic heterocycles. The van der Waals surface area contributed by atoms with Crippen molar-refractivity contribution in [1.82, 2.24) is 0 Å². The summed E-state index contributed by atoms with van der Waals surface area (Å²) in [5.74, 6) is 0.853. The van der Waals surface area contributed by atoms with E-state index in [1.165, 1.54) is 0 Å². The van der Waals surface area contributed by atoms with Crippen LogP contribution in [0.3, 0.4) is 0 Å². The zero-order chi connectivity index (χ0) is 6.41. The highest BCUT2D eigenvalue weighted by Gasteiger charge is 1.88. The van der Waals surface area contributed by atoms with E-state index in [-0.39, 0.29) is 0 Å². The Labute approximate surface area is 61.4 Å². The molecule has 0 N–H and O–H groups in total. The van der Waals surface area contributed by atoms with Crippen LogP contribution in [-0.2, 0) is 10.8 Å². The molecule has 0 aliphatic carbocycles. The van der Waals surface area contributed by atoms with Crippen molar-refractivity contribution in [2.24, 2.45) is 0 Å². The fourth-order valence-corrected chi connectivity index (χ4v) is 1.41. The molecule has 0 saturated carbocycles. The molecule has 3 heteroatoms. The van der Waals surface area contributed by atoms with Gasteiger partial charge in [-0.25, -0.2) is 0 Å². The van der Waals surface area contributed by atoms with Gasteiger partial charge in [-0.15, -0.1) is 0 Å². The molecule has 0 radical (unpaired) electrons. The normalized spacial score (nSPS) is 13.8. The summed E-state index contributed by atoms with van der Waals surface area (Å²) in [7, 11) is -0.588. The Morgan fingerprint density at radius 3 is 2.50 bits per heavy atom. The van der Waals surface area contributed by atoms with Crippen molar-refractivity contribution >= 4 is 26.7 Å². The molecule has 1 nitrogen and oxygen atoms in total. The SMILES string of the molecule is CS(=O)CCCCBr. The van der Waals surface area contributed by atoms with Crippen molar-refractivity contribution in [2.75, 3.05) is 17.3 Å². The summed E-state index contributed by atoms with van der Waals surface area (Å²) >= 11 is 3.30. The van der Waals surface area contributed by atoms with Crippen molar-refractivity contribution < 1.29 is 4.21 Å². The van der Waals surface area contributed by atoms with Crippen LogP contribution in [0, 0.1) is 0 Å². The molecule has 0 aliphatic rings. The lowest BCUT2D eigenvalue weighted by atomic mass is 10.4. The monoisotopic (exact) mass is 198 g/mol. The number of unbranched alkanes of at least 4 members (excludes halogenated alkanes) is 1. The summed E-state index contributed by atoms with van der Waals surface area (Å²) in [6.45, 7) is 0. The number of alkyl halides is 1. The minimum absolute atomic E-state index is 0.588.